The zero-order chi connectivity index (χ0) is 19.3. The molecular weight excluding hydrogens is 336 g/mol. The summed E-state index contributed by atoms with van der Waals surface area (Å²) in [5.74, 6) is -0.522. The molecule has 4 heteroatoms. The van der Waals surface area contributed by atoms with Gasteiger partial charge in [0.05, 0.1) is 0 Å². The third kappa shape index (κ3) is 3.37. The van der Waals surface area contributed by atoms with Gasteiger partial charge in [0.25, 0.3) is 0 Å². The molecule has 0 aliphatic heterocycles. The van der Waals surface area contributed by atoms with Gasteiger partial charge in [0.15, 0.2) is 0 Å². The predicted octanol–water partition coefficient (Wildman–Crippen LogP) is 4.18. The van der Waals surface area contributed by atoms with E-state index in [-0.39, 0.29) is 0 Å². The number of hydroxylamine groups is 2. The van der Waals surface area contributed by atoms with Gasteiger partial charge >= 0.3 is 0 Å². The van der Waals surface area contributed by atoms with Crippen molar-refractivity contribution in [3.8, 4) is 0 Å². The summed E-state index contributed by atoms with van der Waals surface area (Å²) in [6, 6.07) is 26.6. The number of hydrogen-bond acceptors (Lipinski definition) is 3. The number of hydrogen-bond donors (Lipinski definition) is 2. The van der Waals surface area contributed by atoms with E-state index in [1.54, 1.807) is 12.1 Å². The fourth-order valence-corrected chi connectivity index (χ4v) is 3.67. The van der Waals surface area contributed by atoms with Crippen LogP contribution in [0.25, 0.3) is 0 Å². The topological polar surface area (TPSA) is 66.6 Å². The standard InChI is InChI=1S/C23H24N2O2/c1-2-17-25(27)23(18-11-5-3-6-12-18,19-13-7-4-8-14-19)21-16-10-9-15-20(21)22(24)26/h3-16,27H,2,17H2,1H3,(H2,24,26). The van der Waals surface area contributed by atoms with Gasteiger partial charge in [-0.15, -0.1) is 0 Å². The molecular formula is C23H24N2O2. The highest BCUT2D eigenvalue weighted by Gasteiger charge is 2.43. The van der Waals surface area contributed by atoms with Crippen molar-refractivity contribution in [3.05, 3.63) is 107 Å². The fraction of sp³-hybridized carbons (Fsp3) is 0.174. The Morgan fingerprint density at radius 3 is 1.85 bits per heavy atom. The van der Waals surface area contributed by atoms with Crippen LogP contribution in [0.3, 0.4) is 0 Å². The van der Waals surface area contributed by atoms with E-state index in [9.17, 15) is 10.0 Å². The molecule has 27 heavy (non-hydrogen) atoms. The monoisotopic (exact) mass is 360 g/mol. The van der Waals surface area contributed by atoms with E-state index in [1.165, 1.54) is 5.06 Å². The predicted molar refractivity (Wildman–Crippen MR) is 107 cm³/mol. The zero-order valence-corrected chi connectivity index (χ0v) is 15.4. The molecule has 3 aromatic carbocycles. The minimum atomic E-state index is -1.05. The molecule has 0 fully saturated rings. The molecule has 0 spiro atoms. The van der Waals surface area contributed by atoms with Gasteiger partial charge in [0.2, 0.25) is 5.91 Å². The number of carbonyl (C=O) groups excluding carboxylic acids is 1. The molecule has 0 aromatic heterocycles. The second-order valence-corrected chi connectivity index (χ2v) is 6.48. The van der Waals surface area contributed by atoms with Crippen molar-refractivity contribution in [2.45, 2.75) is 18.9 Å². The molecule has 3 N–H and O–H groups in total. The first-order valence-corrected chi connectivity index (χ1v) is 9.09. The summed E-state index contributed by atoms with van der Waals surface area (Å²) in [5, 5.41) is 12.6. The van der Waals surface area contributed by atoms with Crippen LogP contribution in [0.4, 0.5) is 0 Å². The molecule has 0 bridgehead atoms. The van der Waals surface area contributed by atoms with E-state index in [4.69, 9.17) is 5.73 Å². The van der Waals surface area contributed by atoms with Crippen molar-refractivity contribution in [1.29, 1.82) is 0 Å². The number of primary amides is 1. The molecule has 0 heterocycles. The lowest BCUT2D eigenvalue weighted by atomic mass is 9.74. The Hall–Kier alpha value is -2.95. The SMILES string of the molecule is CCCN(O)C(c1ccccc1)(c1ccccc1)c1ccccc1C(N)=O. The molecule has 0 saturated carbocycles. The van der Waals surface area contributed by atoms with Gasteiger partial charge < -0.3 is 10.9 Å². The molecule has 1 amide bonds. The van der Waals surface area contributed by atoms with Crippen LogP contribution >= 0.6 is 0 Å². The van der Waals surface area contributed by atoms with Crippen LogP contribution in [0, 0.1) is 0 Å². The summed E-state index contributed by atoms with van der Waals surface area (Å²) in [5.41, 5.74) is 7.42. The molecule has 0 saturated heterocycles. The van der Waals surface area contributed by atoms with Gasteiger partial charge in [0, 0.05) is 12.1 Å². The second kappa shape index (κ2) is 8.16. The van der Waals surface area contributed by atoms with Gasteiger partial charge in [-0.1, -0.05) is 85.8 Å². The number of rotatable bonds is 7. The summed E-state index contributed by atoms with van der Waals surface area (Å²) in [7, 11) is 0. The number of nitrogens with two attached hydrogens (primary N) is 1. The molecule has 0 unspecified atom stereocenters. The fourth-order valence-electron chi connectivity index (χ4n) is 3.67. The maximum Gasteiger partial charge on any atom is 0.249 e. The third-order valence-electron chi connectivity index (χ3n) is 4.79. The van der Waals surface area contributed by atoms with Gasteiger partial charge in [-0.2, -0.15) is 5.06 Å². The Kier molecular flexibility index (Phi) is 5.69. The van der Waals surface area contributed by atoms with Crippen molar-refractivity contribution in [1.82, 2.24) is 5.06 Å². The Morgan fingerprint density at radius 1 is 0.889 bits per heavy atom. The van der Waals surface area contributed by atoms with Crippen molar-refractivity contribution in [3.63, 3.8) is 0 Å². The zero-order valence-electron chi connectivity index (χ0n) is 15.4. The van der Waals surface area contributed by atoms with Gasteiger partial charge in [-0.3, -0.25) is 4.79 Å². The van der Waals surface area contributed by atoms with Gasteiger partial charge in [0.1, 0.15) is 5.54 Å². The smallest absolute Gasteiger partial charge is 0.249 e. The highest BCUT2D eigenvalue weighted by Crippen LogP contribution is 2.42. The van der Waals surface area contributed by atoms with Crippen molar-refractivity contribution in [2.75, 3.05) is 6.54 Å². The van der Waals surface area contributed by atoms with Crippen LogP contribution in [0.5, 0.6) is 0 Å². The Balaban J connectivity index is 2.43. The summed E-state index contributed by atoms with van der Waals surface area (Å²) in [6.45, 7) is 2.43. The van der Waals surface area contributed by atoms with Crippen molar-refractivity contribution >= 4 is 5.91 Å². The number of carbonyl (C=O) groups is 1. The summed E-state index contributed by atoms with van der Waals surface area (Å²) >= 11 is 0. The normalized spacial score (nSPS) is 11.5. The lowest BCUT2D eigenvalue weighted by Crippen LogP contribution is -2.47. The van der Waals surface area contributed by atoms with E-state index in [0.717, 1.165) is 17.5 Å². The number of benzene rings is 3. The van der Waals surface area contributed by atoms with Crippen molar-refractivity contribution < 1.29 is 10.0 Å². The van der Waals surface area contributed by atoms with E-state index in [2.05, 4.69) is 0 Å². The molecule has 0 aliphatic rings. The summed E-state index contributed by atoms with van der Waals surface area (Å²) in [6.07, 6.45) is 0.747. The van der Waals surface area contributed by atoms with Gasteiger partial charge in [-0.25, -0.2) is 0 Å². The maximum atomic E-state index is 12.2. The summed E-state index contributed by atoms with van der Waals surface area (Å²) in [4.78, 5) is 12.2. The average Bonchev–Trinajstić information content (AvgIpc) is 2.71. The van der Waals surface area contributed by atoms with Gasteiger partial charge in [-0.05, 0) is 29.2 Å². The minimum Gasteiger partial charge on any atom is -0.366 e. The third-order valence-corrected chi connectivity index (χ3v) is 4.79. The molecule has 4 nitrogen and oxygen atoms in total. The molecule has 138 valence electrons. The molecule has 3 rings (SSSR count). The number of amides is 1. The highest BCUT2D eigenvalue weighted by atomic mass is 16.5. The van der Waals surface area contributed by atoms with E-state index >= 15 is 0 Å². The first-order valence-electron chi connectivity index (χ1n) is 9.09. The lowest BCUT2D eigenvalue weighted by Gasteiger charge is -2.42. The summed E-state index contributed by atoms with van der Waals surface area (Å²) < 4.78 is 0. The molecule has 0 aliphatic carbocycles. The van der Waals surface area contributed by atoms with Crippen LogP contribution < -0.4 is 5.73 Å². The lowest BCUT2D eigenvalue weighted by molar-refractivity contribution is -0.148. The minimum absolute atomic E-state index is 0.389. The van der Waals surface area contributed by atoms with E-state index < -0.39 is 11.4 Å². The highest BCUT2D eigenvalue weighted by molar-refractivity contribution is 5.95. The van der Waals surface area contributed by atoms with E-state index in [0.29, 0.717) is 17.7 Å². The first-order chi connectivity index (χ1) is 13.1. The van der Waals surface area contributed by atoms with Crippen LogP contribution in [-0.4, -0.2) is 22.7 Å². The Morgan fingerprint density at radius 2 is 1.37 bits per heavy atom. The number of nitrogens with zero attached hydrogens (tertiary/aromatic N) is 1. The largest absolute Gasteiger partial charge is 0.366 e. The van der Waals surface area contributed by atoms with E-state index in [1.807, 2.05) is 79.7 Å². The Bertz CT molecular complexity index is 855. The molecule has 0 radical (unpaired) electrons. The molecule has 3 aromatic rings. The van der Waals surface area contributed by atoms with Crippen LogP contribution in [0.15, 0.2) is 84.9 Å². The molecule has 0 atom stereocenters. The maximum absolute atomic E-state index is 12.2. The second-order valence-electron chi connectivity index (χ2n) is 6.48. The van der Waals surface area contributed by atoms with Crippen molar-refractivity contribution in [2.24, 2.45) is 5.73 Å². The quantitative estimate of drug-likeness (QED) is 0.491. The average molecular weight is 360 g/mol. The first kappa shape index (κ1) is 18.8. The Labute approximate surface area is 159 Å². The van der Waals surface area contributed by atoms with Crippen LogP contribution in [-0.2, 0) is 5.54 Å². The van der Waals surface area contributed by atoms with Crippen LogP contribution in [0.2, 0.25) is 0 Å². The van der Waals surface area contributed by atoms with Crippen LogP contribution in [0.1, 0.15) is 40.4 Å².